The van der Waals surface area contributed by atoms with Gasteiger partial charge in [-0.2, -0.15) is 9.90 Å². The van der Waals surface area contributed by atoms with Crippen molar-refractivity contribution >= 4 is 17.4 Å². The van der Waals surface area contributed by atoms with E-state index in [1.165, 1.54) is 0 Å². The van der Waals surface area contributed by atoms with Gasteiger partial charge in [-0.25, -0.2) is 0 Å². The zero-order chi connectivity index (χ0) is 17.8. The highest BCUT2D eigenvalue weighted by Crippen LogP contribution is 2.34. The van der Waals surface area contributed by atoms with Crippen LogP contribution < -0.4 is 11.5 Å². The van der Waals surface area contributed by atoms with E-state index in [0.717, 1.165) is 40.7 Å². The number of aryl methyl sites for hydroxylation is 1. The first-order chi connectivity index (χ1) is 12.1. The molecule has 0 unspecified atom stereocenters. The number of fused-ring (bicyclic) bond motifs is 1. The fourth-order valence-corrected chi connectivity index (χ4v) is 3.09. The van der Waals surface area contributed by atoms with Crippen LogP contribution in [0, 0.1) is 4.91 Å². The smallest absolute Gasteiger partial charge is 0.280 e. The van der Waals surface area contributed by atoms with E-state index in [2.05, 4.69) is 16.2 Å². The molecular formula is C19H18N4O2. The maximum absolute atomic E-state index is 12.1. The molecule has 0 spiro atoms. The van der Waals surface area contributed by atoms with Crippen LogP contribution in [0.15, 0.2) is 58.7 Å². The monoisotopic (exact) mass is 334 g/mol. The number of hydrogen-bond acceptors (Lipinski definition) is 3. The Balaban J connectivity index is 2.09. The van der Waals surface area contributed by atoms with Crippen molar-refractivity contribution < 1.29 is 4.79 Å². The van der Waals surface area contributed by atoms with Gasteiger partial charge < -0.3 is 11.5 Å². The fraction of sp³-hybridized carbons (Fsp3) is 0.158. The molecule has 0 aromatic heterocycles. The van der Waals surface area contributed by atoms with Crippen molar-refractivity contribution in [2.45, 2.75) is 19.4 Å². The van der Waals surface area contributed by atoms with Gasteiger partial charge in [0.1, 0.15) is 6.54 Å². The number of rotatable bonds is 4. The number of nitrogens with zero attached hydrogens (tertiary/aromatic N) is 2. The molecule has 0 radical (unpaired) electrons. The van der Waals surface area contributed by atoms with Crippen LogP contribution in [0.5, 0.6) is 0 Å². The largest absolute Gasteiger partial charge is 0.370 e. The van der Waals surface area contributed by atoms with Gasteiger partial charge in [-0.15, -0.1) is 0 Å². The number of benzene rings is 2. The van der Waals surface area contributed by atoms with E-state index in [1.807, 2.05) is 30.3 Å². The van der Waals surface area contributed by atoms with Crippen molar-refractivity contribution in [3.05, 3.63) is 81.3 Å². The lowest BCUT2D eigenvalue weighted by molar-refractivity contribution is 0.100. The Bertz CT molecular complexity index is 896. The number of carbonyl (C=O) groups is 1. The third-order valence-corrected chi connectivity index (χ3v) is 4.18. The highest BCUT2D eigenvalue weighted by molar-refractivity contribution is 6.02. The quantitative estimate of drug-likeness (QED) is 0.508. The predicted octanol–water partition coefficient (Wildman–Crippen LogP) is 2.74. The summed E-state index contributed by atoms with van der Waals surface area (Å²) in [6, 6.07) is 13.1. The molecule has 6 nitrogen and oxygen atoms in total. The second-order valence-corrected chi connectivity index (χ2v) is 5.81. The SMILES string of the molecule is NC(N)=NC(=O)c1ccc2c(c1)C(c1ccccc1CN=O)=CCC2. The molecule has 0 aliphatic heterocycles. The average molecular weight is 334 g/mol. The van der Waals surface area contributed by atoms with E-state index >= 15 is 0 Å². The van der Waals surface area contributed by atoms with Crippen molar-refractivity contribution in [2.75, 3.05) is 0 Å². The van der Waals surface area contributed by atoms with E-state index in [9.17, 15) is 9.70 Å². The van der Waals surface area contributed by atoms with Crippen LogP contribution in [-0.2, 0) is 13.0 Å². The van der Waals surface area contributed by atoms with Crippen LogP contribution in [0.2, 0.25) is 0 Å². The lowest BCUT2D eigenvalue weighted by Gasteiger charge is -2.20. The summed E-state index contributed by atoms with van der Waals surface area (Å²) in [6.45, 7) is 0.107. The van der Waals surface area contributed by atoms with Crippen LogP contribution in [0.25, 0.3) is 5.57 Å². The number of carbonyl (C=O) groups excluding carboxylic acids is 1. The highest BCUT2D eigenvalue weighted by Gasteiger charge is 2.18. The van der Waals surface area contributed by atoms with Crippen LogP contribution in [-0.4, -0.2) is 11.9 Å². The summed E-state index contributed by atoms with van der Waals surface area (Å²) in [5.41, 5.74) is 15.9. The van der Waals surface area contributed by atoms with Crippen molar-refractivity contribution in [2.24, 2.45) is 21.6 Å². The maximum atomic E-state index is 12.1. The predicted molar refractivity (Wildman–Crippen MR) is 97.9 cm³/mol. The molecule has 0 fully saturated rings. The van der Waals surface area contributed by atoms with E-state index < -0.39 is 5.91 Å². The summed E-state index contributed by atoms with van der Waals surface area (Å²) < 4.78 is 0. The second kappa shape index (κ2) is 7.09. The molecule has 0 saturated heterocycles. The summed E-state index contributed by atoms with van der Waals surface area (Å²) in [5, 5.41) is 3.02. The average Bonchev–Trinajstić information content (AvgIpc) is 2.61. The van der Waals surface area contributed by atoms with Crippen LogP contribution >= 0.6 is 0 Å². The molecule has 25 heavy (non-hydrogen) atoms. The molecule has 126 valence electrons. The number of nitrogens with two attached hydrogens (primary N) is 2. The molecule has 0 saturated carbocycles. The molecule has 1 aliphatic carbocycles. The van der Waals surface area contributed by atoms with Crippen molar-refractivity contribution in [1.29, 1.82) is 0 Å². The lowest BCUT2D eigenvalue weighted by Crippen LogP contribution is -2.24. The molecule has 2 aromatic rings. The van der Waals surface area contributed by atoms with E-state index in [-0.39, 0.29) is 12.5 Å². The summed E-state index contributed by atoms with van der Waals surface area (Å²) >= 11 is 0. The van der Waals surface area contributed by atoms with Gasteiger partial charge in [-0.1, -0.05) is 41.6 Å². The Morgan fingerprint density at radius 1 is 1.08 bits per heavy atom. The fourth-order valence-electron chi connectivity index (χ4n) is 3.09. The van der Waals surface area contributed by atoms with Gasteiger partial charge in [-0.3, -0.25) is 4.79 Å². The minimum absolute atomic E-state index is 0.107. The summed E-state index contributed by atoms with van der Waals surface area (Å²) in [6.07, 6.45) is 3.91. The number of amides is 1. The zero-order valence-corrected chi connectivity index (χ0v) is 13.6. The molecule has 0 atom stereocenters. The first-order valence-corrected chi connectivity index (χ1v) is 7.95. The molecule has 2 aromatic carbocycles. The Morgan fingerprint density at radius 3 is 2.64 bits per heavy atom. The normalized spacial score (nSPS) is 12.7. The van der Waals surface area contributed by atoms with Crippen molar-refractivity contribution in [3.63, 3.8) is 0 Å². The number of guanidine groups is 1. The third kappa shape index (κ3) is 3.47. The number of allylic oxidation sites excluding steroid dienone is 1. The first kappa shape index (κ1) is 16.6. The van der Waals surface area contributed by atoms with E-state index in [1.54, 1.807) is 12.1 Å². The summed E-state index contributed by atoms with van der Waals surface area (Å²) in [7, 11) is 0. The Morgan fingerprint density at radius 2 is 1.88 bits per heavy atom. The Labute approximate surface area is 145 Å². The van der Waals surface area contributed by atoms with Gasteiger partial charge in [-0.05, 0) is 52.8 Å². The van der Waals surface area contributed by atoms with Gasteiger partial charge in [0.15, 0.2) is 5.96 Å². The van der Waals surface area contributed by atoms with Gasteiger partial charge in [0.25, 0.3) is 5.91 Å². The van der Waals surface area contributed by atoms with Gasteiger partial charge in [0.2, 0.25) is 0 Å². The molecule has 0 bridgehead atoms. The van der Waals surface area contributed by atoms with Crippen molar-refractivity contribution in [3.8, 4) is 0 Å². The maximum Gasteiger partial charge on any atom is 0.280 e. The minimum atomic E-state index is -0.476. The summed E-state index contributed by atoms with van der Waals surface area (Å²) in [4.78, 5) is 26.5. The third-order valence-electron chi connectivity index (χ3n) is 4.18. The number of aliphatic imine (C=N–C) groups is 1. The van der Waals surface area contributed by atoms with Crippen molar-refractivity contribution in [1.82, 2.24) is 0 Å². The van der Waals surface area contributed by atoms with E-state index in [4.69, 9.17) is 11.5 Å². The minimum Gasteiger partial charge on any atom is -0.370 e. The number of nitroso groups, excluding NO2 is 1. The molecule has 4 N–H and O–H groups in total. The molecule has 1 aliphatic rings. The van der Waals surface area contributed by atoms with Gasteiger partial charge in [0.05, 0.1) is 0 Å². The van der Waals surface area contributed by atoms with Gasteiger partial charge in [0, 0.05) is 5.56 Å². The van der Waals surface area contributed by atoms with Crippen LogP contribution in [0.3, 0.4) is 0 Å². The highest BCUT2D eigenvalue weighted by atomic mass is 16.3. The van der Waals surface area contributed by atoms with E-state index in [0.29, 0.717) is 5.56 Å². The molecule has 3 rings (SSSR count). The second-order valence-electron chi connectivity index (χ2n) is 5.81. The Kier molecular flexibility index (Phi) is 4.70. The first-order valence-electron chi connectivity index (χ1n) is 7.95. The summed E-state index contributed by atoms with van der Waals surface area (Å²) in [5.74, 6) is -0.739. The molecule has 1 amide bonds. The Hall–Kier alpha value is -3.28. The molecular weight excluding hydrogens is 316 g/mol. The number of hydrogen-bond donors (Lipinski definition) is 2. The van der Waals surface area contributed by atoms with Crippen LogP contribution in [0.1, 0.15) is 39.0 Å². The van der Waals surface area contributed by atoms with Gasteiger partial charge >= 0.3 is 0 Å². The topological polar surface area (TPSA) is 111 Å². The standard InChI is InChI=1S/C19H18N4O2/c20-19(21)23-18(24)13-9-8-12-5-3-7-16(17(12)10-13)15-6-2-1-4-14(15)11-22-25/h1-2,4,6-10H,3,5,11H2,(H4,20,21,23,24). The molecule has 6 heteroatoms. The lowest BCUT2D eigenvalue weighted by atomic mass is 9.84. The van der Waals surface area contributed by atoms with Crippen LogP contribution in [0.4, 0.5) is 0 Å². The molecule has 0 heterocycles. The zero-order valence-electron chi connectivity index (χ0n) is 13.6.